The maximum atomic E-state index is 12.7. The minimum atomic E-state index is -0.238. The molecular weight excluding hydrogens is 316 g/mol. The number of hydrogen-bond acceptors (Lipinski definition) is 5. The highest BCUT2D eigenvalue weighted by molar-refractivity contribution is 6.03. The Morgan fingerprint density at radius 3 is 2.64 bits per heavy atom. The zero-order valence-corrected chi connectivity index (χ0v) is 15.0. The smallest absolute Gasteiger partial charge is 0.274 e. The van der Waals surface area contributed by atoms with Crippen molar-refractivity contribution in [3.05, 3.63) is 41.7 Å². The predicted octanol–water partition coefficient (Wildman–Crippen LogP) is 3.46. The van der Waals surface area contributed by atoms with Gasteiger partial charge in [-0.15, -0.1) is 0 Å². The van der Waals surface area contributed by atoms with Gasteiger partial charge in [-0.2, -0.15) is 0 Å². The molecule has 1 fully saturated rings. The molecule has 1 aliphatic rings. The molecule has 1 aromatic heterocycles. The summed E-state index contributed by atoms with van der Waals surface area (Å²) in [5.41, 5.74) is 1.95. The molecular formula is C19H24N4O2. The molecule has 0 saturated carbocycles. The van der Waals surface area contributed by atoms with Crippen LogP contribution < -0.4 is 15.0 Å². The molecule has 2 aromatic rings. The Kier molecular flexibility index (Phi) is 5.16. The zero-order valence-electron chi connectivity index (χ0n) is 15.0. The van der Waals surface area contributed by atoms with Crippen LogP contribution in [0, 0.1) is 0 Å². The summed E-state index contributed by atoms with van der Waals surface area (Å²) in [5, 5.41) is 2.89. The Labute approximate surface area is 148 Å². The molecule has 1 aromatic carbocycles. The molecule has 6 nitrogen and oxygen atoms in total. The summed E-state index contributed by atoms with van der Waals surface area (Å²) < 4.78 is 5.20. The number of ether oxygens (including phenoxy) is 1. The van der Waals surface area contributed by atoms with Gasteiger partial charge in [0.15, 0.2) is 0 Å². The maximum Gasteiger partial charge on any atom is 0.274 e. The second-order valence-electron chi connectivity index (χ2n) is 6.51. The van der Waals surface area contributed by atoms with Crippen LogP contribution >= 0.6 is 0 Å². The fourth-order valence-corrected chi connectivity index (χ4v) is 2.82. The van der Waals surface area contributed by atoms with E-state index in [1.54, 1.807) is 19.2 Å². The van der Waals surface area contributed by atoms with Crippen LogP contribution in [0.5, 0.6) is 5.75 Å². The van der Waals surface area contributed by atoms with Crippen molar-refractivity contribution in [2.75, 3.05) is 30.4 Å². The van der Waals surface area contributed by atoms with E-state index in [0.717, 1.165) is 31.6 Å². The number of benzene rings is 1. The van der Waals surface area contributed by atoms with Gasteiger partial charge in [-0.1, -0.05) is 19.9 Å². The summed E-state index contributed by atoms with van der Waals surface area (Å²) in [7, 11) is 1.60. The van der Waals surface area contributed by atoms with Gasteiger partial charge in [0.25, 0.3) is 5.91 Å². The maximum absolute atomic E-state index is 12.7. The van der Waals surface area contributed by atoms with E-state index >= 15 is 0 Å². The van der Waals surface area contributed by atoms with Crippen molar-refractivity contribution in [3.8, 4) is 5.75 Å². The lowest BCUT2D eigenvalue weighted by atomic mass is 10.1. The summed E-state index contributed by atoms with van der Waals surface area (Å²) in [6, 6.07) is 9.06. The Bertz CT molecular complexity index is 755. The lowest BCUT2D eigenvalue weighted by Gasteiger charge is -2.18. The Hall–Kier alpha value is -2.63. The third-order valence-electron chi connectivity index (χ3n) is 4.27. The molecule has 132 valence electrons. The Morgan fingerprint density at radius 1 is 1.20 bits per heavy atom. The van der Waals surface area contributed by atoms with E-state index in [-0.39, 0.29) is 11.8 Å². The molecule has 0 radical (unpaired) electrons. The molecule has 1 aliphatic heterocycles. The second-order valence-corrected chi connectivity index (χ2v) is 6.51. The molecule has 1 amide bonds. The van der Waals surface area contributed by atoms with Crippen LogP contribution in [0.2, 0.25) is 0 Å². The number of aromatic nitrogens is 2. The molecule has 2 heterocycles. The van der Waals surface area contributed by atoms with Gasteiger partial charge in [-0.3, -0.25) is 4.79 Å². The molecule has 0 unspecified atom stereocenters. The third kappa shape index (κ3) is 4.07. The monoisotopic (exact) mass is 340 g/mol. The lowest BCUT2D eigenvalue weighted by Crippen LogP contribution is -2.23. The Morgan fingerprint density at radius 2 is 1.96 bits per heavy atom. The molecule has 3 rings (SSSR count). The number of anilines is 2. The first kappa shape index (κ1) is 17.2. The third-order valence-corrected chi connectivity index (χ3v) is 4.27. The number of carbonyl (C=O) groups excluding carboxylic acids is 1. The van der Waals surface area contributed by atoms with Gasteiger partial charge >= 0.3 is 0 Å². The molecule has 0 aliphatic carbocycles. The van der Waals surface area contributed by atoms with Crippen molar-refractivity contribution >= 4 is 17.5 Å². The van der Waals surface area contributed by atoms with Crippen LogP contribution in [0.4, 0.5) is 11.6 Å². The largest absolute Gasteiger partial charge is 0.497 e. The number of methoxy groups -OCH3 is 1. The first-order valence-corrected chi connectivity index (χ1v) is 8.66. The van der Waals surface area contributed by atoms with Crippen LogP contribution in [0.15, 0.2) is 30.3 Å². The van der Waals surface area contributed by atoms with E-state index in [1.165, 1.54) is 0 Å². The van der Waals surface area contributed by atoms with Crippen molar-refractivity contribution < 1.29 is 9.53 Å². The number of amides is 1. The first-order chi connectivity index (χ1) is 12.1. The first-order valence-electron chi connectivity index (χ1n) is 8.66. The summed E-state index contributed by atoms with van der Waals surface area (Å²) in [6.45, 7) is 6.02. The summed E-state index contributed by atoms with van der Waals surface area (Å²) in [4.78, 5) is 24.0. The Balaban J connectivity index is 1.87. The number of rotatable bonds is 5. The van der Waals surface area contributed by atoms with Crippen LogP contribution in [0.1, 0.15) is 48.8 Å². The molecule has 0 spiro atoms. The van der Waals surface area contributed by atoms with Crippen LogP contribution in [-0.2, 0) is 0 Å². The topological polar surface area (TPSA) is 67.3 Å². The van der Waals surface area contributed by atoms with Gasteiger partial charge < -0.3 is 15.0 Å². The highest BCUT2D eigenvalue weighted by atomic mass is 16.5. The second kappa shape index (κ2) is 7.51. The number of nitrogens with one attached hydrogen (secondary N) is 1. The van der Waals surface area contributed by atoms with E-state index in [9.17, 15) is 4.79 Å². The zero-order chi connectivity index (χ0) is 17.8. The van der Waals surface area contributed by atoms with Crippen LogP contribution in [0.25, 0.3) is 0 Å². The SMILES string of the molecule is COc1cccc(NC(=O)c2cc(C(C)C)nc(N3CCCC3)n2)c1. The molecule has 0 bridgehead atoms. The van der Waals surface area contributed by atoms with Gasteiger partial charge in [0.05, 0.1) is 7.11 Å². The fourth-order valence-electron chi connectivity index (χ4n) is 2.82. The fraction of sp³-hybridized carbons (Fsp3) is 0.421. The van der Waals surface area contributed by atoms with Crippen molar-refractivity contribution in [2.45, 2.75) is 32.6 Å². The van der Waals surface area contributed by atoms with E-state index in [1.807, 2.05) is 18.2 Å². The number of nitrogens with zero attached hydrogens (tertiary/aromatic N) is 3. The van der Waals surface area contributed by atoms with Gasteiger partial charge in [0, 0.05) is 30.5 Å². The van der Waals surface area contributed by atoms with E-state index < -0.39 is 0 Å². The van der Waals surface area contributed by atoms with Crippen LogP contribution in [-0.4, -0.2) is 36.1 Å². The van der Waals surface area contributed by atoms with E-state index in [2.05, 4.69) is 34.0 Å². The van der Waals surface area contributed by atoms with Gasteiger partial charge in [0.1, 0.15) is 11.4 Å². The van der Waals surface area contributed by atoms with E-state index in [4.69, 9.17) is 4.74 Å². The summed E-state index contributed by atoms with van der Waals surface area (Å²) in [6.07, 6.45) is 2.28. The van der Waals surface area contributed by atoms with Crippen molar-refractivity contribution in [1.29, 1.82) is 0 Å². The van der Waals surface area contributed by atoms with Crippen molar-refractivity contribution in [2.24, 2.45) is 0 Å². The number of hydrogen-bond donors (Lipinski definition) is 1. The van der Waals surface area contributed by atoms with Crippen molar-refractivity contribution in [3.63, 3.8) is 0 Å². The van der Waals surface area contributed by atoms with Crippen molar-refractivity contribution in [1.82, 2.24) is 9.97 Å². The van der Waals surface area contributed by atoms with Gasteiger partial charge in [0.2, 0.25) is 5.95 Å². The highest BCUT2D eigenvalue weighted by Crippen LogP contribution is 2.22. The predicted molar refractivity (Wildman–Crippen MR) is 98.5 cm³/mol. The summed E-state index contributed by atoms with van der Waals surface area (Å²) >= 11 is 0. The van der Waals surface area contributed by atoms with Gasteiger partial charge in [-0.05, 0) is 37.0 Å². The highest BCUT2D eigenvalue weighted by Gasteiger charge is 2.20. The molecule has 1 N–H and O–H groups in total. The normalized spacial score (nSPS) is 14.0. The molecule has 25 heavy (non-hydrogen) atoms. The average Bonchev–Trinajstić information content (AvgIpc) is 3.16. The lowest BCUT2D eigenvalue weighted by molar-refractivity contribution is 0.102. The standard InChI is InChI=1S/C19H24N4O2/c1-13(2)16-12-17(22-19(21-16)23-9-4-5-10-23)18(24)20-14-7-6-8-15(11-14)25-3/h6-8,11-13H,4-5,9-10H2,1-3H3,(H,20,24). The minimum Gasteiger partial charge on any atom is -0.497 e. The quantitative estimate of drug-likeness (QED) is 0.903. The molecule has 6 heteroatoms. The van der Waals surface area contributed by atoms with Crippen LogP contribution in [0.3, 0.4) is 0 Å². The van der Waals surface area contributed by atoms with E-state index in [0.29, 0.717) is 23.1 Å². The average molecular weight is 340 g/mol. The summed E-state index contributed by atoms with van der Waals surface area (Å²) in [5.74, 6) is 1.34. The minimum absolute atomic E-state index is 0.229. The molecule has 0 atom stereocenters. The number of carbonyl (C=O) groups is 1. The van der Waals surface area contributed by atoms with Gasteiger partial charge in [-0.25, -0.2) is 9.97 Å². The molecule has 1 saturated heterocycles.